The van der Waals surface area contributed by atoms with Crippen LogP contribution in [0.2, 0.25) is 0 Å². The highest BCUT2D eigenvalue weighted by Gasteiger charge is 2.26. The van der Waals surface area contributed by atoms with E-state index in [0.717, 1.165) is 4.47 Å². The van der Waals surface area contributed by atoms with Crippen LogP contribution in [-0.2, 0) is 10.0 Å². The Morgan fingerprint density at radius 2 is 2.16 bits per heavy atom. The van der Waals surface area contributed by atoms with Crippen LogP contribution in [-0.4, -0.2) is 25.8 Å². The van der Waals surface area contributed by atoms with Crippen molar-refractivity contribution >= 4 is 31.6 Å². The molecule has 0 aromatic heterocycles. The van der Waals surface area contributed by atoms with Gasteiger partial charge in [0, 0.05) is 17.6 Å². The normalized spacial score (nSPS) is 13.2. The van der Waals surface area contributed by atoms with Crippen LogP contribution in [0.3, 0.4) is 0 Å². The zero-order chi connectivity index (χ0) is 14.6. The number of hydrogen-bond acceptors (Lipinski definition) is 4. The van der Waals surface area contributed by atoms with E-state index < -0.39 is 10.0 Å². The Hall–Kier alpha value is -1.10. The molecule has 7 heteroatoms. The molecule has 0 aliphatic rings. The second-order valence-electron chi connectivity index (χ2n) is 4.17. The molecule has 0 radical (unpaired) electrons. The molecule has 0 spiro atoms. The third kappa shape index (κ3) is 3.69. The van der Waals surface area contributed by atoms with Gasteiger partial charge in [0.15, 0.2) is 0 Å². The molecule has 104 valence electrons. The highest BCUT2D eigenvalue weighted by Crippen LogP contribution is 2.26. The topological polar surface area (TPSA) is 87.2 Å². The molecule has 5 nitrogen and oxygen atoms in total. The largest absolute Gasteiger partial charge is 0.398 e. The molecule has 0 heterocycles. The molecule has 0 saturated heterocycles. The summed E-state index contributed by atoms with van der Waals surface area (Å²) in [5, 5.41) is 8.80. The summed E-state index contributed by atoms with van der Waals surface area (Å²) in [6.07, 6.45) is 0. The fraction of sp³-hybridized carbons (Fsp3) is 0.417. The van der Waals surface area contributed by atoms with Crippen molar-refractivity contribution in [3.05, 3.63) is 22.7 Å². The minimum Gasteiger partial charge on any atom is -0.398 e. The van der Waals surface area contributed by atoms with Gasteiger partial charge in [-0.25, -0.2) is 8.42 Å². The van der Waals surface area contributed by atoms with E-state index in [2.05, 4.69) is 15.9 Å². The van der Waals surface area contributed by atoms with Crippen LogP contribution >= 0.6 is 15.9 Å². The first-order chi connectivity index (χ1) is 8.82. The van der Waals surface area contributed by atoms with Crippen LogP contribution < -0.4 is 5.73 Å². The number of nitriles is 1. The molecule has 0 fully saturated rings. The van der Waals surface area contributed by atoms with Crippen LogP contribution in [0.1, 0.15) is 13.8 Å². The number of rotatable bonds is 5. The number of sulfonamides is 1. The number of nitrogens with zero attached hydrogens (tertiary/aromatic N) is 2. The molecule has 1 aromatic rings. The summed E-state index contributed by atoms with van der Waals surface area (Å²) in [6, 6.07) is 6.68. The minimum absolute atomic E-state index is 0.0719. The molecule has 0 amide bonds. The summed E-state index contributed by atoms with van der Waals surface area (Å²) in [5.74, 6) is -0.369. The van der Waals surface area contributed by atoms with Crippen LogP contribution in [0.4, 0.5) is 5.69 Å². The Kier molecular flexibility index (Phi) is 5.35. The van der Waals surface area contributed by atoms with Crippen LogP contribution in [0.5, 0.6) is 0 Å². The van der Waals surface area contributed by atoms with E-state index >= 15 is 0 Å². The number of nitrogen functional groups attached to an aromatic ring is 1. The first kappa shape index (κ1) is 16.0. The van der Waals surface area contributed by atoms with E-state index in [1.807, 2.05) is 6.07 Å². The summed E-state index contributed by atoms with van der Waals surface area (Å²) in [5.41, 5.74) is 5.95. The second-order valence-corrected chi connectivity index (χ2v) is 6.99. The molecule has 1 aromatic carbocycles. The molecule has 0 aliphatic carbocycles. The number of nitrogens with two attached hydrogens (primary N) is 1. The van der Waals surface area contributed by atoms with Crippen LogP contribution in [0, 0.1) is 17.2 Å². The predicted octanol–water partition coefficient (Wildman–Crippen LogP) is 2.20. The van der Waals surface area contributed by atoms with Gasteiger partial charge in [-0.3, -0.25) is 0 Å². The van der Waals surface area contributed by atoms with Crippen molar-refractivity contribution in [3.8, 4) is 6.07 Å². The Balaban J connectivity index is 3.18. The maximum Gasteiger partial charge on any atom is 0.245 e. The smallest absolute Gasteiger partial charge is 0.245 e. The standard InChI is InChI=1S/C12H16BrN3O2S/c1-3-16(8-9(2)7-14)19(17,18)12-5-4-10(13)6-11(12)15/h4-6,9H,3,8,15H2,1-2H3. The fourth-order valence-electron chi connectivity index (χ4n) is 1.64. The maximum absolute atomic E-state index is 12.5. The van der Waals surface area contributed by atoms with Gasteiger partial charge in [-0.2, -0.15) is 9.57 Å². The van der Waals surface area contributed by atoms with Gasteiger partial charge >= 0.3 is 0 Å². The lowest BCUT2D eigenvalue weighted by Gasteiger charge is -2.22. The van der Waals surface area contributed by atoms with Crippen LogP contribution in [0.25, 0.3) is 0 Å². The Morgan fingerprint density at radius 1 is 1.53 bits per heavy atom. The van der Waals surface area contributed by atoms with Crippen molar-refractivity contribution in [1.29, 1.82) is 5.26 Å². The molecule has 1 atom stereocenters. The Morgan fingerprint density at radius 3 is 2.63 bits per heavy atom. The van der Waals surface area contributed by atoms with E-state index in [4.69, 9.17) is 11.0 Å². The zero-order valence-electron chi connectivity index (χ0n) is 10.8. The van der Waals surface area contributed by atoms with Crippen molar-refractivity contribution in [2.75, 3.05) is 18.8 Å². The van der Waals surface area contributed by atoms with Gasteiger partial charge in [-0.1, -0.05) is 22.9 Å². The molecular weight excluding hydrogens is 330 g/mol. The highest BCUT2D eigenvalue weighted by molar-refractivity contribution is 9.10. The number of halogens is 1. The van der Waals surface area contributed by atoms with Gasteiger partial charge < -0.3 is 5.73 Å². The molecule has 1 rings (SSSR count). The third-order valence-corrected chi connectivity index (χ3v) is 5.15. The molecule has 0 saturated carbocycles. The average Bonchev–Trinajstić information content (AvgIpc) is 2.34. The second kappa shape index (κ2) is 6.37. The van der Waals surface area contributed by atoms with Gasteiger partial charge in [-0.15, -0.1) is 0 Å². The highest BCUT2D eigenvalue weighted by atomic mass is 79.9. The number of benzene rings is 1. The van der Waals surface area contributed by atoms with E-state index in [1.54, 1.807) is 26.0 Å². The monoisotopic (exact) mass is 345 g/mol. The number of anilines is 1. The van der Waals surface area contributed by atoms with Crippen LogP contribution in [0.15, 0.2) is 27.6 Å². The summed E-state index contributed by atoms with van der Waals surface area (Å²) in [7, 11) is -3.67. The summed E-state index contributed by atoms with van der Waals surface area (Å²) < 4.78 is 26.9. The molecule has 2 N–H and O–H groups in total. The van der Waals surface area contributed by atoms with Crippen molar-refractivity contribution in [2.24, 2.45) is 5.92 Å². The van der Waals surface area contributed by atoms with Crippen molar-refractivity contribution in [3.63, 3.8) is 0 Å². The third-order valence-electron chi connectivity index (χ3n) is 2.64. The average molecular weight is 346 g/mol. The first-order valence-electron chi connectivity index (χ1n) is 5.77. The van der Waals surface area contributed by atoms with Gasteiger partial charge in [0.25, 0.3) is 0 Å². The first-order valence-corrected chi connectivity index (χ1v) is 8.01. The Bertz CT molecular complexity index is 595. The molecule has 19 heavy (non-hydrogen) atoms. The van der Waals surface area contributed by atoms with Crippen molar-refractivity contribution in [2.45, 2.75) is 18.7 Å². The lowest BCUT2D eigenvalue weighted by atomic mass is 10.2. The van der Waals surface area contributed by atoms with E-state index in [1.165, 1.54) is 10.4 Å². The summed E-state index contributed by atoms with van der Waals surface area (Å²) >= 11 is 3.24. The zero-order valence-corrected chi connectivity index (χ0v) is 13.2. The minimum atomic E-state index is -3.67. The SMILES string of the molecule is CCN(CC(C)C#N)S(=O)(=O)c1ccc(Br)cc1N. The van der Waals surface area contributed by atoms with E-state index in [-0.39, 0.29) is 23.0 Å². The molecule has 0 aliphatic heterocycles. The van der Waals surface area contributed by atoms with Gasteiger partial charge in [0.05, 0.1) is 17.7 Å². The lowest BCUT2D eigenvalue weighted by molar-refractivity contribution is 0.400. The fourth-order valence-corrected chi connectivity index (χ4v) is 3.65. The maximum atomic E-state index is 12.5. The quantitative estimate of drug-likeness (QED) is 0.828. The number of hydrogen-bond donors (Lipinski definition) is 1. The van der Waals surface area contributed by atoms with E-state index in [9.17, 15) is 8.42 Å². The lowest BCUT2D eigenvalue weighted by Crippen LogP contribution is -2.34. The van der Waals surface area contributed by atoms with Crippen molar-refractivity contribution < 1.29 is 8.42 Å². The molecule has 1 unspecified atom stereocenters. The van der Waals surface area contributed by atoms with Gasteiger partial charge in [0.1, 0.15) is 4.90 Å². The van der Waals surface area contributed by atoms with Gasteiger partial charge in [-0.05, 0) is 25.1 Å². The summed E-state index contributed by atoms with van der Waals surface area (Å²) in [4.78, 5) is 0.0719. The van der Waals surface area contributed by atoms with E-state index in [0.29, 0.717) is 6.54 Å². The molecular formula is C12H16BrN3O2S. The predicted molar refractivity (Wildman–Crippen MR) is 77.8 cm³/mol. The Labute approximate surface area is 122 Å². The van der Waals surface area contributed by atoms with Crippen molar-refractivity contribution in [1.82, 2.24) is 4.31 Å². The van der Waals surface area contributed by atoms with Gasteiger partial charge in [0.2, 0.25) is 10.0 Å². The molecule has 0 bridgehead atoms. The summed E-state index contributed by atoms with van der Waals surface area (Å²) in [6.45, 7) is 3.87.